The van der Waals surface area contributed by atoms with Crippen LogP contribution < -0.4 is 4.74 Å². The lowest BCUT2D eigenvalue weighted by molar-refractivity contribution is 0.463. The standard InChI is InChI=1S/C12H8Cl2INO/c13-6-8-5-11(14)12(16-7-8)17-10-3-1-9(15)2-4-10/h1-5,7H,6H2. The number of ether oxygens (including phenoxy) is 1. The van der Waals surface area contributed by atoms with E-state index in [0.717, 1.165) is 9.13 Å². The van der Waals surface area contributed by atoms with Gasteiger partial charge in [0.25, 0.3) is 0 Å². The molecule has 0 aliphatic heterocycles. The second-order valence-corrected chi connectivity index (χ2v) is 5.24. The van der Waals surface area contributed by atoms with Crippen molar-refractivity contribution in [3.63, 3.8) is 0 Å². The van der Waals surface area contributed by atoms with Gasteiger partial charge in [0, 0.05) is 15.6 Å². The number of pyridine rings is 1. The fraction of sp³-hybridized carbons (Fsp3) is 0.0833. The van der Waals surface area contributed by atoms with E-state index in [0.29, 0.717) is 22.5 Å². The van der Waals surface area contributed by atoms with E-state index >= 15 is 0 Å². The first-order valence-electron chi connectivity index (χ1n) is 4.83. The Morgan fingerprint density at radius 2 is 1.94 bits per heavy atom. The quantitative estimate of drug-likeness (QED) is 0.560. The second-order valence-electron chi connectivity index (χ2n) is 3.32. The van der Waals surface area contributed by atoms with Crippen molar-refractivity contribution in [2.45, 2.75) is 5.88 Å². The van der Waals surface area contributed by atoms with Crippen molar-refractivity contribution in [3.8, 4) is 11.6 Å². The zero-order chi connectivity index (χ0) is 12.3. The molecule has 2 nitrogen and oxygen atoms in total. The molecule has 1 heterocycles. The van der Waals surface area contributed by atoms with Gasteiger partial charge in [-0.05, 0) is 58.5 Å². The molecule has 2 aromatic rings. The highest BCUT2D eigenvalue weighted by molar-refractivity contribution is 14.1. The van der Waals surface area contributed by atoms with E-state index < -0.39 is 0 Å². The van der Waals surface area contributed by atoms with Crippen LogP contribution in [0.2, 0.25) is 5.02 Å². The molecule has 0 N–H and O–H groups in total. The fourth-order valence-electron chi connectivity index (χ4n) is 1.23. The summed E-state index contributed by atoms with van der Waals surface area (Å²) in [7, 11) is 0. The van der Waals surface area contributed by atoms with E-state index in [-0.39, 0.29) is 0 Å². The van der Waals surface area contributed by atoms with Crippen molar-refractivity contribution in [1.29, 1.82) is 0 Å². The van der Waals surface area contributed by atoms with Crippen LogP contribution in [-0.4, -0.2) is 4.98 Å². The zero-order valence-corrected chi connectivity index (χ0v) is 12.3. The molecule has 0 bridgehead atoms. The summed E-state index contributed by atoms with van der Waals surface area (Å²) < 4.78 is 6.72. The number of halogens is 3. The maximum absolute atomic E-state index is 6.04. The van der Waals surface area contributed by atoms with E-state index in [1.807, 2.05) is 24.3 Å². The van der Waals surface area contributed by atoms with Crippen molar-refractivity contribution in [2.75, 3.05) is 0 Å². The van der Waals surface area contributed by atoms with Crippen molar-refractivity contribution >= 4 is 45.8 Å². The summed E-state index contributed by atoms with van der Waals surface area (Å²) in [4.78, 5) is 4.13. The second kappa shape index (κ2) is 5.89. The summed E-state index contributed by atoms with van der Waals surface area (Å²) in [5.41, 5.74) is 0.867. The molecule has 0 unspecified atom stereocenters. The molecule has 0 atom stereocenters. The van der Waals surface area contributed by atoms with E-state index in [9.17, 15) is 0 Å². The van der Waals surface area contributed by atoms with E-state index in [1.165, 1.54) is 0 Å². The largest absolute Gasteiger partial charge is 0.438 e. The Morgan fingerprint density at radius 1 is 1.24 bits per heavy atom. The molecule has 5 heteroatoms. The Hall–Kier alpha value is -0.520. The normalized spacial score (nSPS) is 10.3. The third-order valence-electron chi connectivity index (χ3n) is 2.05. The maximum Gasteiger partial charge on any atom is 0.238 e. The van der Waals surface area contributed by atoms with E-state index in [4.69, 9.17) is 27.9 Å². The maximum atomic E-state index is 6.04. The number of nitrogens with zero attached hydrogens (tertiary/aromatic N) is 1. The third kappa shape index (κ3) is 3.47. The van der Waals surface area contributed by atoms with Crippen molar-refractivity contribution in [3.05, 3.63) is 50.7 Å². The van der Waals surface area contributed by atoms with Crippen molar-refractivity contribution < 1.29 is 4.74 Å². The van der Waals surface area contributed by atoms with Crippen LogP contribution in [0.25, 0.3) is 0 Å². The smallest absolute Gasteiger partial charge is 0.238 e. The number of rotatable bonds is 3. The zero-order valence-electron chi connectivity index (χ0n) is 8.66. The van der Waals surface area contributed by atoms with Gasteiger partial charge in [-0.2, -0.15) is 0 Å². The minimum atomic E-state index is 0.385. The third-order valence-corrected chi connectivity index (χ3v) is 3.35. The molecule has 0 amide bonds. The first-order chi connectivity index (χ1) is 8.19. The molecule has 0 spiro atoms. The van der Waals surface area contributed by atoms with Gasteiger partial charge >= 0.3 is 0 Å². The molecule has 1 aromatic heterocycles. The Labute approximate surface area is 123 Å². The predicted octanol–water partition coefficient (Wildman–Crippen LogP) is 4.87. The van der Waals surface area contributed by atoms with Gasteiger partial charge in [0.05, 0.1) is 0 Å². The number of hydrogen-bond donors (Lipinski definition) is 0. The number of alkyl halides is 1. The van der Waals surface area contributed by atoms with Gasteiger partial charge in [0.15, 0.2) is 0 Å². The van der Waals surface area contributed by atoms with Gasteiger partial charge in [-0.15, -0.1) is 11.6 Å². The number of benzene rings is 1. The van der Waals surface area contributed by atoms with Crippen LogP contribution in [0.1, 0.15) is 5.56 Å². The molecule has 1 aromatic carbocycles. The summed E-state index contributed by atoms with van der Waals surface area (Å²) >= 11 is 14.0. The number of hydrogen-bond acceptors (Lipinski definition) is 2. The van der Waals surface area contributed by atoms with Crippen LogP contribution >= 0.6 is 45.8 Å². The molecule has 0 aliphatic carbocycles. The molecule has 88 valence electrons. The topological polar surface area (TPSA) is 22.1 Å². The van der Waals surface area contributed by atoms with Crippen molar-refractivity contribution in [2.24, 2.45) is 0 Å². The van der Waals surface area contributed by atoms with Gasteiger partial charge in [-0.1, -0.05) is 11.6 Å². The minimum Gasteiger partial charge on any atom is -0.438 e. The van der Waals surface area contributed by atoms with E-state index in [2.05, 4.69) is 27.6 Å². The lowest BCUT2D eigenvalue weighted by Crippen LogP contribution is -1.90. The van der Waals surface area contributed by atoms with Crippen LogP contribution in [0.15, 0.2) is 36.5 Å². The Bertz CT molecular complexity index is 516. The van der Waals surface area contributed by atoms with E-state index in [1.54, 1.807) is 12.3 Å². The van der Waals surface area contributed by atoms with Crippen LogP contribution in [-0.2, 0) is 5.88 Å². The summed E-state index contributed by atoms with van der Waals surface area (Å²) in [6.45, 7) is 0. The molecule has 0 saturated heterocycles. The van der Waals surface area contributed by atoms with Gasteiger partial charge < -0.3 is 4.74 Å². The molecule has 17 heavy (non-hydrogen) atoms. The first-order valence-corrected chi connectivity index (χ1v) is 6.82. The summed E-state index contributed by atoms with van der Waals surface area (Å²) in [5.74, 6) is 1.48. The van der Waals surface area contributed by atoms with Gasteiger partial charge in [-0.3, -0.25) is 0 Å². The average molecular weight is 380 g/mol. The SMILES string of the molecule is ClCc1cnc(Oc2ccc(I)cc2)c(Cl)c1. The molecule has 0 fully saturated rings. The summed E-state index contributed by atoms with van der Waals surface area (Å²) in [6.07, 6.45) is 1.65. The highest BCUT2D eigenvalue weighted by Crippen LogP contribution is 2.28. The lowest BCUT2D eigenvalue weighted by Gasteiger charge is -2.07. The molecule has 0 aliphatic rings. The Morgan fingerprint density at radius 3 is 2.53 bits per heavy atom. The monoisotopic (exact) mass is 379 g/mol. The van der Waals surface area contributed by atoms with Crippen LogP contribution in [0.4, 0.5) is 0 Å². The molecule has 0 radical (unpaired) electrons. The Balaban J connectivity index is 2.21. The molecular weight excluding hydrogens is 372 g/mol. The lowest BCUT2D eigenvalue weighted by atomic mass is 10.3. The van der Waals surface area contributed by atoms with Gasteiger partial charge in [0.1, 0.15) is 10.8 Å². The molecule has 2 rings (SSSR count). The predicted molar refractivity (Wildman–Crippen MR) is 78.0 cm³/mol. The highest BCUT2D eigenvalue weighted by atomic mass is 127. The summed E-state index contributed by atoms with van der Waals surface area (Å²) in [5, 5.41) is 0.460. The van der Waals surface area contributed by atoms with Crippen LogP contribution in [0.5, 0.6) is 11.6 Å². The highest BCUT2D eigenvalue weighted by Gasteiger charge is 2.05. The summed E-state index contributed by atoms with van der Waals surface area (Å²) in [6, 6.07) is 9.40. The molecule has 0 saturated carbocycles. The van der Waals surface area contributed by atoms with Gasteiger partial charge in [0.2, 0.25) is 5.88 Å². The van der Waals surface area contributed by atoms with Crippen LogP contribution in [0.3, 0.4) is 0 Å². The average Bonchev–Trinajstić information content (AvgIpc) is 2.34. The van der Waals surface area contributed by atoms with Gasteiger partial charge in [-0.25, -0.2) is 4.98 Å². The fourth-order valence-corrected chi connectivity index (χ4v) is 1.96. The molecular formula is C12H8Cl2INO. The van der Waals surface area contributed by atoms with Crippen LogP contribution in [0, 0.1) is 3.57 Å². The van der Waals surface area contributed by atoms with Crippen molar-refractivity contribution in [1.82, 2.24) is 4.98 Å². The first kappa shape index (κ1) is 12.9. The number of aromatic nitrogens is 1. The Kier molecular flexibility index (Phi) is 4.48. The minimum absolute atomic E-state index is 0.385.